The van der Waals surface area contributed by atoms with Gasteiger partial charge in [-0.15, -0.1) is 0 Å². The Bertz CT molecular complexity index is 1400. The van der Waals surface area contributed by atoms with Crippen molar-refractivity contribution in [3.63, 3.8) is 0 Å². The number of pyridine rings is 1. The lowest BCUT2D eigenvalue weighted by Crippen LogP contribution is -2.41. The summed E-state index contributed by atoms with van der Waals surface area (Å²) in [6.07, 6.45) is 9.73. The lowest BCUT2D eigenvalue weighted by Gasteiger charge is -2.19. The van der Waals surface area contributed by atoms with Crippen molar-refractivity contribution in [3.05, 3.63) is 94.8 Å². The van der Waals surface area contributed by atoms with Crippen LogP contribution < -0.4 is 4.57 Å². The summed E-state index contributed by atoms with van der Waals surface area (Å²) in [7, 11) is 0. The van der Waals surface area contributed by atoms with Crippen molar-refractivity contribution < 1.29 is 4.57 Å². The van der Waals surface area contributed by atoms with Crippen LogP contribution in [0.4, 0.5) is 0 Å². The topological polar surface area (TPSA) is 3.88 Å². The minimum atomic E-state index is 1.08. The summed E-state index contributed by atoms with van der Waals surface area (Å²) in [5.41, 5.74) is 25.9. The fraction of sp³-hybridized carbons (Fsp3) is 0.614. The maximum Gasteiger partial charge on any atom is 0.181 e. The van der Waals surface area contributed by atoms with Crippen LogP contribution >= 0.6 is 0 Å². The summed E-state index contributed by atoms with van der Waals surface area (Å²) in [5.74, 6) is 0. The molecule has 0 aliphatic heterocycles. The highest BCUT2D eigenvalue weighted by Gasteiger charge is 2.19. The summed E-state index contributed by atoms with van der Waals surface area (Å²) >= 11 is 0. The molecule has 0 saturated carbocycles. The molecule has 0 aliphatic rings. The average molecular weight is 615 g/mol. The number of aromatic nitrogens is 1. The standard InChI is InChI=1S/2C15H24.C14H24N/c1-7-9-15-12(5)10(3)11(4)14(8-2)13(15)6;1-7-9-15-13(6)11(4)10(3)12(5)14(15)8-2;1-7-9-14-10(3)12(5)15(8-2)13(6)11(14)4/h3*7-9H2,1-6H3/q;;+1. The molecule has 2 aromatic carbocycles. The first-order chi connectivity index (χ1) is 21.1. The average Bonchev–Trinajstić information content (AvgIpc) is 3.02. The number of nitrogens with zero attached hydrogens (tertiary/aromatic N) is 1. The van der Waals surface area contributed by atoms with Crippen molar-refractivity contribution in [3.8, 4) is 0 Å². The maximum absolute atomic E-state index is 2.42. The Kier molecular flexibility index (Phi) is 16.8. The van der Waals surface area contributed by atoms with Gasteiger partial charge in [0.05, 0.1) is 0 Å². The smallest absolute Gasteiger partial charge is 0.181 e. The van der Waals surface area contributed by atoms with E-state index in [1.807, 2.05) is 0 Å². The predicted octanol–water partition coefficient (Wildman–Crippen LogP) is 12.1. The van der Waals surface area contributed by atoms with Gasteiger partial charge in [-0.2, -0.15) is 0 Å². The van der Waals surface area contributed by atoms with E-state index in [9.17, 15) is 0 Å². The molecule has 0 unspecified atom stereocenters. The van der Waals surface area contributed by atoms with E-state index in [4.69, 9.17) is 0 Å². The third-order valence-corrected chi connectivity index (χ3v) is 11.2. The molecule has 0 atom stereocenters. The molecule has 0 spiro atoms. The van der Waals surface area contributed by atoms with E-state index in [2.05, 4.69) is 129 Å². The summed E-state index contributed by atoms with van der Waals surface area (Å²) in [5, 5.41) is 0. The Morgan fingerprint density at radius 2 is 0.622 bits per heavy atom. The zero-order chi connectivity index (χ0) is 34.8. The van der Waals surface area contributed by atoms with Crippen molar-refractivity contribution in [2.45, 2.75) is 183 Å². The first-order valence-electron chi connectivity index (χ1n) is 18.3. The number of hydrogen-bond donors (Lipinski definition) is 0. The zero-order valence-electron chi connectivity index (χ0n) is 33.3. The molecular formula is C44H72N+. The largest absolute Gasteiger partial charge is 0.200 e. The van der Waals surface area contributed by atoms with E-state index in [0.717, 1.165) is 13.0 Å². The van der Waals surface area contributed by atoms with E-state index in [1.165, 1.54) is 106 Å². The molecule has 0 saturated heterocycles. The Morgan fingerprint density at radius 1 is 0.311 bits per heavy atom. The van der Waals surface area contributed by atoms with E-state index >= 15 is 0 Å². The Labute approximate surface area is 281 Å². The molecule has 0 amide bonds. The van der Waals surface area contributed by atoms with Crippen LogP contribution in [0.15, 0.2) is 0 Å². The van der Waals surface area contributed by atoms with Gasteiger partial charge < -0.3 is 0 Å². The van der Waals surface area contributed by atoms with Gasteiger partial charge in [0.25, 0.3) is 0 Å². The molecular weight excluding hydrogens is 542 g/mol. The maximum atomic E-state index is 2.42. The van der Waals surface area contributed by atoms with Crippen LogP contribution in [-0.4, -0.2) is 0 Å². The second-order valence-corrected chi connectivity index (χ2v) is 13.5. The molecule has 0 bridgehead atoms. The molecule has 0 aliphatic carbocycles. The van der Waals surface area contributed by atoms with Crippen LogP contribution in [0.5, 0.6) is 0 Å². The van der Waals surface area contributed by atoms with Crippen LogP contribution in [0, 0.1) is 83.1 Å². The van der Waals surface area contributed by atoms with Crippen molar-refractivity contribution in [1.82, 2.24) is 0 Å². The first-order valence-corrected chi connectivity index (χ1v) is 18.3. The van der Waals surface area contributed by atoms with Gasteiger partial charge in [-0.05, 0) is 181 Å². The fourth-order valence-electron chi connectivity index (χ4n) is 7.64. The minimum absolute atomic E-state index is 1.08. The van der Waals surface area contributed by atoms with Crippen LogP contribution in [0.1, 0.15) is 156 Å². The highest BCUT2D eigenvalue weighted by Crippen LogP contribution is 2.29. The second kappa shape index (κ2) is 18.7. The number of hydrogen-bond acceptors (Lipinski definition) is 0. The fourth-order valence-corrected chi connectivity index (χ4v) is 7.64. The van der Waals surface area contributed by atoms with Gasteiger partial charge in [0, 0.05) is 25.0 Å². The minimum Gasteiger partial charge on any atom is -0.200 e. The summed E-state index contributed by atoms with van der Waals surface area (Å²) in [4.78, 5) is 0. The van der Waals surface area contributed by atoms with Crippen LogP contribution in [0.2, 0.25) is 0 Å². The third-order valence-electron chi connectivity index (χ3n) is 11.2. The first kappa shape index (κ1) is 40.6. The molecule has 1 nitrogen and oxygen atoms in total. The normalized spacial score (nSPS) is 10.8. The molecule has 0 radical (unpaired) electrons. The molecule has 0 N–H and O–H groups in total. The number of benzene rings is 2. The molecule has 252 valence electrons. The Hall–Kier alpha value is -2.41. The van der Waals surface area contributed by atoms with Gasteiger partial charge in [0.15, 0.2) is 11.4 Å². The van der Waals surface area contributed by atoms with E-state index < -0.39 is 0 Å². The van der Waals surface area contributed by atoms with Gasteiger partial charge in [0.1, 0.15) is 6.54 Å². The van der Waals surface area contributed by atoms with Crippen LogP contribution in [-0.2, 0) is 38.6 Å². The molecule has 1 heterocycles. The second-order valence-electron chi connectivity index (χ2n) is 13.5. The van der Waals surface area contributed by atoms with Crippen LogP contribution in [0.25, 0.3) is 0 Å². The summed E-state index contributed by atoms with van der Waals surface area (Å²) < 4.78 is 2.42. The van der Waals surface area contributed by atoms with Gasteiger partial charge in [-0.3, -0.25) is 0 Å². The van der Waals surface area contributed by atoms with E-state index in [-0.39, 0.29) is 0 Å². The SMILES string of the molecule is CCCc1c(C)c(C)[n+](CC)c(C)c1C.CCCc1c(C)c(C)c(C)c(C)c1CC.CCCc1c(C)c(C)c(C)c(CC)c1C. The Balaban J connectivity index is 0.000000337. The van der Waals surface area contributed by atoms with Crippen LogP contribution in [0.3, 0.4) is 0 Å². The lowest BCUT2D eigenvalue weighted by molar-refractivity contribution is -0.705. The predicted molar refractivity (Wildman–Crippen MR) is 203 cm³/mol. The summed E-state index contributed by atoms with van der Waals surface area (Å²) in [6, 6.07) is 0. The van der Waals surface area contributed by atoms with E-state index in [0.29, 0.717) is 0 Å². The number of rotatable bonds is 9. The van der Waals surface area contributed by atoms with E-state index in [1.54, 1.807) is 33.4 Å². The van der Waals surface area contributed by atoms with Crippen molar-refractivity contribution in [2.75, 3.05) is 0 Å². The molecule has 3 aromatic rings. The monoisotopic (exact) mass is 615 g/mol. The highest BCUT2D eigenvalue weighted by atomic mass is 15.0. The molecule has 3 rings (SSSR count). The van der Waals surface area contributed by atoms with Gasteiger partial charge >= 0.3 is 0 Å². The van der Waals surface area contributed by atoms with Gasteiger partial charge in [0.2, 0.25) is 0 Å². The molecule has 1 heteroatoms. The highest BCUT2D eigenvalue weighted by molar-refractivity contribution is 5.51. The molecule has 1 aromatic heterocycles. The third kappa shape index (κ3) is 9.11. The molecule has 45 heavy (non-hydrogen) atoms. The van der Waals surface area contributed by atoms with Crippen molar-refractivity contribution in [2.24, 2.45) is 0 Å². The quantitative estimate of drug-likeness (QED) is 0.211. The Morgan fingerprint density at radius 3 is 1.00 bits per heavy atom. The van der Waals surface area contributed by atoms with Gasteiger partial charge in [-0.25, -0.2) is 4.57 Å². The van der Waals surface area contributed by atoms with Crippen molar-refractivity contribution in [1.29, 1.82) is 0 Å². The zero-order valence-corrected chi connectivity index (χ0v) is 33.3. The summed E-state index contributed by atoms with van der Waals surface area (Å²) in [6.45, 7) is 41.8. The van der Waals surface area contributed by atoms with Crippen molar-refractivity contribution >= 4 is 0 Å². The molecule has 0 fully saturated rings. The lowest BCUT2D eigenvalue weighted by atomic mass is 9.86. The van der Waals surface area contributed by atoms with Gasteiger partial charge in [-0.1, -0.05) is 53.9 Å².